The molecule has 0 saturated heterocycles. The van der Waals surface area contributed by atoms with Gasteiger partial charge in [0.15, 0.2) is 5.96 Å². The summed E-state index contributed by atoms with van der Waals surface area (Å²) in [5, 5.41) is 3.04. The number of nitrogens with two attached hydrogens (primary N) is 1. The molecular weight excluding hydrogens is 445 g/mol. The van der Waals surface area contributed by atoms with Crippen molar-refractivity contribution in [3.63, 3.8) is 0 Å². The Morgan fingerprint density at radius 3 is 2.62 bits per heavy atom. The zero-order chi connectivity index (χ0) is 14.4. The number of hydrogen-bond acceptors (Lipinski definition) is 2. The second-order valence-electron chi connectivity index (χ2n) is 4.15. The highest BCUT2D eigenvalue weighted by molar-refractivity contribution is 14.0. The summed E-state index contributed by atoms with van der Waals surface area (Å²) >= 11 is 3.44. The lowest BCUT2D eigenvalue weighted by atomic mass is 10.2. The highest BCUT2D eigenvalue weighted by Crippen LogP contribution is 2.23. The fourth-order valence-electron chi connectivity index (χ4n) is 1.75. The predicted molar refractivity (Wildman–Crippen MR) is 102 cm³/mol. The molecule has 2 rings (SSSR count). The molecule has 0 radical (unpaired) electrons. The summed E-state index contributed by atoms with van der Waals surface area (Å²) in [7, 11) is 1.64. The molecule has 0 spiro atoms. The quantitative estimate of drug-likeness (QED) is 0.411. The molecule has 0 saturated carbocycles. The summed E-state index contributed by atoms with van der Waals surface area (Å²) < 4.78 is 6.28. The molecule has 112 valence electrons. The number of anilines is 1. The van der Waals surface area contributed by atoms with Gasteiger partial charge in [0.05, 0.1) is 13.7 Å². The van der Waals surface area contributed by atoms with Crippen LogP contribution in [0.4, 0.5) is 5.69 Å². The first-order chi connectivity index (χ1) is 9.69. The van der Waals surface area contributed by atoms with Crippen LogP contribution in [-0.4, -0.2) is 13.1 Å². The van der Waals surface area contributed by atoms with E-state index in [0.717, 1.165) is 21.5 Å². The van der Waals surface area contributed by atoms with Crippen LogP contribution >= 0.6 is 39.9 Å². The Balaban J connectivity index is 0.00000220. The topological polar surface area (TPSA) is 59.6 Å². The number of rotatable bonds is 4. The molecule has 0 atom stereocenters. The van der Waals surface area contributed by atoms with Crippen LogP contribution in [0.15, 0.2) is 58.0 Å². The molecule has 0 fully saturated rings. The van der Waals surface area contributed by atoms with Crippen molar-refractivity contribution < 1.29 is 4.74 Å². The van der Waals surface area contributed by atoms with Gasteiger partial charge in [0.2, 0.25) is 0 Å². The van der Waals surface area contributed by atoms with Crippen molar-refractivity contribution in [3.8, 4) is 5.75 Å². The van der Waals surface area contributed by atoms with Crippen molar-refractivity contribution in [1.82, 2.24) is 0 Å². The van der Waals surface area contributed by atoms with Crippen LogP contribution in [0.5, 0.6) is 5.75 Å². The van der Waals surface area contributed by atoms with Crippen LogP contribution in [0, 0.1) is 0 Å². The minimum Gasteiger partial charge on any atom is -0.496 e. The molecule has 0 aromatic heterocycles. The Morgan fingerprint density at radius 1 is 1.24 bits per heavy atom. The molecule has 0 bridgehead atoms. The highest BCUT2D eigenvalue weighted by atomic mass is 127. The maximum absolute atomic E-state index is 5.87. The predicted octanol–water partition coefficient (Wildman–Crippen LogP) is 4.00. The van der Waals surface area contributed by atoms with Crippen LogP contribution in [0.1, 0.15) is 5.56 Å². The van der Waals surface area contributed by atoms with E-state index in [1.807, 2.05) is 48.5 Å². The van der Waals surface area contributed by atoms with Gasteiger partial charge < -0.3 is 15.8 Å². The summed E-state index contributed by atoms with van der Waals surface area (Å²) in [5.41, 5.74) is 7.75. The fourth-order valence-corrected chi connectivity index (χ4v) is 2.16. The van der Waals surface area contributed by atoms with E-state index in [4.69, 9.17) is 10.5 Å². The molecule has 2 aromatic rings. The van der Waals surface area contributed by atoms with Gasteiger partial charge in [-0.15, -0.1) is 24.0 Å². The zero-order valence-corrected chi connectivity index (χ0v) is 15.5. The maximum Gasteiger partial charge on any atom is 0.193 e. The van der Waals surface area contributed by atoms with Crippen LogP contribution in [0.2, 0.25) is 0 Å². The van der Waals surface area contributed by atoms with Gasteiger partial charge in [-0.05, 0) is 30.3 Å². The van der Waals surface area contributed by atoms with Gasteiger partial charge in [0, 0.05) is 15.7 Å². The number of para-hydroxylation sites is 1. The minimum absolute atomic E-state index is 0. The number of aliphatic imine (C=N–C) groups is 1. The first-order valence-electron chi connectivity index (χ1n) is 6.13. The lowest BCUT2D eigenvalue weighted by Gasteiger charge is -2.08. The Morgan fingerprint density at radius 2 is 1.95 bits per heavy atom. The van der Waals surface area contributed by atoms with Gasteiger partial charge in [-0.3, -0.25) is 0 Å². The number of methoxy groups -OCH3 is 1. The van der Waals surface area contributed by atoms with Gasteiger partial charge >= 0.3 is 0 Å². The molecule has 0 aliphatic carbocycles. The number of benzene rings is 2. The van der Waals surface area contributed by atoms with Crippen molar-refractivity contribution in [2.24, 2.45) is 10.7 Å². The van der Waals surface area contributed by atoms with Crippen LogP contribution in [-0.2, 0) is 6.54 Å². The van der Waals surface area contributed by atoms with Gasteiger partial charge in [0.25, 0.3) is 0 Å². The number of nitrogens with zero attached hydrogens (tertiary/aromatic N) is 1. The van der Waals surface area contributed by atoms with Crippen LogP contribution < -0.4 is 15.8 Å². The number of guanidine groups is 1. The summed E-state index contributed by atoms with van der Waals surface area (Å²) in [6, 6.07) is 15.5. The van der Waals surface area contributed by atoms with E-state index in [1.54, 1.807) is 7.11 Å². The van der Waals surface area contributed by atoms with E-state index in [-0.39, 0.29) is 24.0 Å². The number of hydrogen-bond donors (Lipinski definition) is 2. The molecule has 0 unspecified atom stereocenters. The second kappa shape index (κ2) is 8.89. The Labute approximate surface area is 149 Å². The number of ether oxygens (including phenoxy) is 1. The first-order valence-corrected chi connectivity index (χ1v) is 6.93. The summed E-state index contributed by atoms with van der Waals surface area (Å²) in [6.45, 7) is 0.453. The fraction of sp³-hybridized carbons (Fsp3) is 0.133. The van der Waals surface area contributed by atoms with Crippen molar-refractivity contribution in [1.29, 1.82) is 0 Å². The van der Waals surface area contributed by atoms with Crippen LogP contribution in [0.3, 0.4) is 0 Å². The Hall–Kier alpha value is -1.28. The smallest absolute Gasteiger partial charge is 0.193 e. The lowest BCUT2D eigenvalue weighted by Crippen LogP contribution is -2.22. The molecule has 0 amide bonds. The molecule has 2 aromatic carbocycles. The van der Waals surface area contributed by atoms with Crippen LogP contribution in [0.25, 0.3) is 0 Å². The molecule has 0 aliphatic heterocycles. The van der Waals surface area contributed by atoms with E-state index >= 15 is 0 Å². The Bertz CT molecular complexity index is 605. The lowest BCUT2D eigenvalue weighted by molar-refractivity contribution is 0.410. The van der Waals surface area contributed by atoms with Crippen molar-refractivity contribution in [2.45, 2.75) is 6.54 Å². The van der Waals surface area contributed by atoms with E-state index in [0.29, 0.717) is 12.5 Å². The van der Waals surface area contributed by atoms with E-state index < -0.39 is 0 Å². The van der Waals surface area contributed by atoms with Crippen molar-refractivity contribution in [2.75, 3.05) is 12.4 Å². The molecule has 0 heterocycles. The first kappa shape index (κ1) is 17.8. The standard InChI is InChI=1S/C15H16BrN3O.HI/c1-20-14-8-7-12(16)9-11(14)10-18-15(17)19-13-5-3-2-4-6-13;/h2-9H,10H2,1H3,(H3,17,18,19);1H. The number of nitrogens with one attached hydrogen (secondary N) is 1. The summed E-state index contributed by atoms with van der Waals surface area (Å²) in [6.07, 6.45) is 0. The third-order valence-corrected chi connectivity index (χ3v) is 3.20. The van der Waals surface area contributed by atoms with Gasteiger partial charge in [-0.1, -0.05) is 34.1 Å². The largest absolute Gasteiger partial charge is 0.496 e. The molecule has 4 nitrogen and oxygen atoms in total. The average Bonchev–Trinajstić information content (AvgIpc) is 2.46. The molecule has 6 heteroatoms. The average molecular weight is 462 g/mol. The SMILES string of the molecule is COc1ccc(Br)cc1CN=C(N)Nc1ccccc1.I. The number of halogens is 2. The highest BCUT2D eigenvalue weighted by Gasteiger charge is 2.03. The second-order valence-corrected chi connectivity index (χ2v) is 5.06. The summed E-state index contributed by atoms with van der Waals surface area (Å²) in [5.74, 6) is 1.17. The molecule has 21 heavy (non-hydrogen) atoms. The third kappa shape index (κ3) is 5.55. The molecular formula is C15H17BrIN3O. The summed E-state index contributed by atoms with van der Waals surface area (Å²) in [4.78, 5) is 4.32. The molecule has 3 N–H and O–H groups in total. The minimum atomic E-state index is 0. The van der Waals surface area contributed by atoms with Crippen molar-refractivity contribution in [3.05, 3.63) is 58.6 Å². The monoisotopic (exact) mass is 461 g/mol. The van der Waals surface area contributed by atoms with E-state index in [1.165, 1.54) is 0 Å². The van der Waals surface area contributed by atoms with E-state index in [9.17, 15) is 0 Å². The zero-order valence-electron chi connectivity index (χ0n) is 11.5. The third-order valence-electron chi connectivity index (χ3n) is 2.71. The van der Waals surface area contributed by atoms with Gasteiger partial charge in [-0.25, -0.2) is 4.99 Å². The molecule has 0 aliphatic rings. The van der Waals surface area contributed by atoms with E-state index in [2.05, 4.69) is 26.2 Å². The van der Waals surface area contributed by atoms with Crippen molar-refractivity contribution >= 4 is 51.6 Å². The Kier molecular flexibility index (Phi) is 7.52. The van der Waals surface area contributed by atoms with Gasteiger partial charge in [0.1, 0.15) is 5.75 Å². The normalized spacial score (nSPS) is 10.7. The maximum atomic E-state index is 5.87. The van der Waals surface area contributed by atoms with Gasteiger partial charge in [-0.2, -0.15) is 0 Å².